The van der Waals surface area contributed by atoms with E-state index in [9.17, 15) is 5.11 Å². The molecule has 1 saturated heterocycles. The Bertz CT molecular complexity index is 331. The molecule has 1 unspecified atom stereocenters. The van der Waals surface area contributed by atoms with Gasteiger partial charge in [0.1, 0.15) is 0 Å². The Hall–Kier alpha value is -0.600. The smallest absolute Gasteiger partial charge is 0.0869 e. The fraction of sp³-hybridized carbons (Fsp3) is 0.667. The highest BCUT2D eigenvalue weighted by Crippen LogP contribution is 2.56. The van der Waals surface area contributed by atoms with E-state index in [-0.39, 0.29) is 11.5 Å². The molecular weight excluding hydrogens is 176 g/mol. The van der Waals surface area contributed by atoms with Gasteiger partial charge in [-0.3, -0.25) is 0 Å². The molecule has 2 fully saturated rings. The van der Waals surface area contributed by atoms with E-state index in [1.54, 1.807) is 0 Å². The molecule has 3 aliphatic carbocycles. The summed E-state index contributed by atoms with van der Waals surface area (Å²) in [5.41, 5.74) is 2.25. The van der Waals surface area contributed by atoms with Gasteiger partial charge in [0.05, 0.1) is 19.3 Å². The van der Waals surface area contributed by atoms with Crippen molar-refractivity contribution < 1.29 is 9.84 Å². The van der Waals surface area contributed by atoms with E-state index >= 15 is 0 Å². The molecule has 2 nitrogen and oxygen atoms in total. The fourth-order valence-electron chi connectivity index (χ4n) is 3.45. The molecule has 1 saturated carbocycles. The molecule has 1 N–H and O–H groups in total. The lowest BCUT2D eigenvalue weighted by Gasteiger charge is -2.50. The third kappa shape index (κ3) is 0.794. The predicted molar refractivity (Wildman–Crippen MR) is 53.8 cm³/mol. The normalized spacial score (nSPS) is 50.6. The van der Waals surface area contributed by atoms with Crippen molar-refractivity contribution in [2.75, 3.05) is 13.2 Å². The van der Waals surface area contributed by atoms with E-state index < -0.39 is 0 Å². The van der Waals surface area contributed by atoms with Crippen LogP contribution in [0.4, 0.5) is 0 Å². The lowest BCUT2D eigenvalue weighted by molar-refractivity contribution is 0.0152. The first-order chi connectivity index (χ1) is 6.65. The minimum absolute atomic E-state index is 0.129. The number of hydrogen-bond acceptors (Lipinski definition) is 2. The summed E-state index contributed by atoms with van der Waals surface area (Å²) >= 11 is 0. The highest BCUT2D eigenvalue weighted by molar-refractivity contribution is 5.38. The summed E-state index contributed by atoms with van der Waals surface area (Å²) in [7, 11) is 0. The second-order valence-electron chi connectivity index (χ2n) is 4.98. The molecule has 4 rings (SSSR count). The molecule has 0 radical (unpaired) electrons. The van der Waals surface area contributed by atoms with Crippen LogP contribution in [0.3, 0.4) is 0 Å². The number of aliphatic hydroxyl groups is 1. The zero-order chi connectivity index (χ0) is 9.92. The van der Waals surface area contributed by atoms with Crippen LogP contribution in [0.2, 0.25) is 0 Å². The summed E-state index contributed by atoms with van der Waals surface area (Å²) in [4.78, 5) is 0. The Kier molecular flexibility index (Phi) is 1.55. The molecule has 76 valence electrons. The van der Waals surface area contributed by atoms with Gasteiger partial charge < -0.3 is 9.84 Å². The standard InChI is InChI=1S/C12H16O2/c1-7-4-12-6-14-5-9(12)3-10(7)8(2)11(12)13/h4,9-11,13H,2-3,5-6H2,1H3/t9-,10+,11?,12-/m1/s1. The van der Waals surface area contributed by atoms with Gasteiger partial charge in [-0.15, -0.1) is 0 Å². The maximum atomic E-state index is 10.2. The molecule has 0 aromatic heterocycles. The molecule has 4 atom stereocenters. The monoisotopic (exact) mass is 192 g/mol. The maximum absolute atomic E-state index is 10.2. The number of rotatable bonds is 0. The quantitative estimate of drug-likeness (QED) is 0.590. The summed E-state index contributed by atoms with van der Waals surface area (Å²) in [5, 5.41) is 10.2. The Morgan fingerprint density at radius 2 is 2.43 bits per heavy atom. The van der Waals surface area contributed by atoms with Crippen LogP contribution in [0, 0.1) is 17.3 Å². The second kappa shape index (κ2) is 2.50. The number of aliphatic hydroxyl groups excluding tert-OH is 1. The zero-order valence-electron chi connectivity index (χ0n) is 8.49. The lowest BCUT2D eigenvalue weighted by atomic mass is 9.55. The van der Waals surface area contributed by atoms with E-state index in [1.165, 1.54) is 5.57 Å². The van der Waals surface area contributed by atoms with Crippen LogP contribution in [0.25, 0.3) is 0 Å². The van der Waals surface area contributed by atoms with Crippen LogP contribution < -0.4 is 0 Å². The SMILES string of the molecule is C=C1C(O)[C@@]23C=C(C)[C@@H]1C[C@@H]2COC3. The molecule has 1 spiro atoms. The summed E-state index contributed by atoms with van der Waals surface area (Å²) in [6.45, 7) is 7.67. The van der Waals surface area contributed by atoms with Crippen LogP contribution in [0.5, 0.6) is 0 Å². The highest BCUT2D eigenvalue weighted by Gasteiger charge is 2.56. The number of fused-ring (bicyclic) bond motifs is 1. The van der Waals surface area contributed by atoms with E-state index in [4.69, 9.17) is 4.74 Å². The van der Waals surface area contributed by atoms with Gasteiger partial charge in [-0.1, -0.05) is 18.2 Å². The fourth-order valence-corrected chi connectivity index (χ4v) is 3.45. The number of ether oxygens (including phenoxy) is 1. The van der Waals surface area contributed by atoms with E-state index in [2.05, 4.69) is 19.6 Å². The Morgan fingerprint density at radius 3 is 3.21 bits per heavy atom. The van der Waals surface area contributed by atoms with Crippen molar-refractivity contribution in [3.8, 4) is 0 Å². The van der Waals surface area contributed by atoms with Gasteiger partial charge >= 0.3 is 0 Å². The summed E-state index contributed by atoms with van der Waals surface area (Å²) in [6.07, 6.45) is 2.99. The van der Waals surface area contributed by atoms with E-state index in [0.717, 1.165) is 18.6 Å². The molecular formula is C12H16O2. The van der Waals surface area contributed by atoms with E-state index in [1.807, 2.05) is 0 Å². The minimum atomic E-state index is -0.377. The third-order valence-corrected chi connectivity index (χ3v) is 4.31. The Morgan fingerprint density at radius 1 is 1.64 bits per heavy atom. The van der Waals surface area contributed by atoms with Crippen LogP contribution >= 0.6 is 0 Å². The zero-order valence-corrected chi connectivity index (χ0v) is 8.49. The van der Waals surface area contributed by atoms with Gasteiger partial charge in [-0.2, -0.15) is 0 Å². The van der Waals surface area contributed by atoms with Crippen molar-refractivity contribution >= 4 is 0 Å². The van der Waals surface area contributed by atoms with Crippen molar-refractivity contribution in [2.45, 2.75) is 19.4 Å². The van der Waals surface area contributed by atoms with Crippen molar-refractivity contribution in [3.63, 3.8) is 0 Å². The molecule has 0 aromatic rings. The molecule has 0 amide bonds. The van der Waals surface area contributed by atoms with Crippen molar-refractivity contribution in [1.29, 1.82) is 0 Å². The van der Waals surface area contributed by atoms with Gasteiger partial charge in [0.25, 0.3) is 0 Å². The third-order valence-electron chi connectivity index (χ3n) is 4.31. The average Bonchev–Trinajstić information content (AvgIpc) is 2.56. The molecule has 1 aliphatic heterocycles. The van der Waals surface area contributed by atoms with Crippen LogP contribution in [0.15, 0.2) is 23.8 Å². The van der Waals surface area contributed by atoms with Crippen LogP contribution in [-0.2, 0) is 4.74 Å². The Balaban J connectivity index is 2.15. The summed E-state index contributed by atoms with van der Waals surface area (Å²) in [6, 6.07) is 0. The minimum Gasteiger partial charge on any atom is -0.388 e. The van der Waals surface area contributed by atoms with Crippen molar-refractivity contribution in [2.24, 2.45) is 17.3 Å². The number of allylic oxidation sites excluding steroid dienone is 1. The Labute approximate surface area is 84.3 Å². The first-order valence-corrected chi connectivity index (χ1v) is 5.29. The van der Waals surface area contributed by atoms with Gasteiger partial charge in [0, 0.05) is 11.3 Å². The number of hydrogen-bond donors (Lipinski definition) is 1. The van der Waals surface area contributed by atoms with Crippen LogP contribution in [-0.4, -0.2) is 24.4 Å². The van der Waals surface area contributed by atoms with Gasteiger partial charge in [0.2, 0.25) is 0 Å². The first kappa shape index (κ1) is 8.69. The highest BCUT2D eigenvalue weighted by atomic mass is 16.5. The molecule has 2 bridgehead atoms. The lowest BCUT2D eigenvalue weighted by Crippen LogP contribution is -2.51. The van der Waals surface area contributed by atoms with Gasteiger partial charge in [-0.05, 0) is 24.8 Å². The first-order valence-electron chi connectivity index (χ1n) is 5.29. The topological polar surface area (TPSA) is 29.5 Å². The predicted octanol–water partition coefficient (Wildman–Crippen LogP) is 1.52. The largest absolute Gasteiger partial charge is 0.388 e. The maximum Gasteiger partial charge on any atom is 0.0869 e. The molecule has 14 heavy (non-hydrogen) atoms. The molecule has 0 aromatic carbocycles. The van der Waals surface area contributed by atoms with Crippen LogP contribution in [0.1, 0.15) is 13.3 Å². The van der Waals surface area contributed by atoms with Gasteiger partial charge in [0.15, 0.2) is 0 Å². The molecule has 4 aliphatic rings. The average molecular weight is 192 g/mol. The van der Waals surface area contributed by atoms with Crippen molar-refractivity contribution in [1.82, 2.24) is 0 Å². The summed E-state index contributed by atoms with van der Waals surface area (Å²) < 4.78 is 5.53. The molecule has 1 heterocycles. The molecule has 2 heteroatoms. The summed E-state index contributed by atoms with van der Waals surface area (Å²) in [5.74, 6) is 0.912. The van der Waals surface area contributed by atoms with Crippen molar-refractivity contribution in [3.05, 3.63) is 23.8 Å². The second-order valence-corrected chi connectivity index (χ2v) is 4.98. The van der Waals surface area contributed by atoms with E-state index in [0.29, 0.717) is 18.4 Å². The van der Waals surface area contributed by atoms with Gasteiger partial charge in [-0.25, -0.2) is 0 Å².